The zero-order chi connectivity index (χ0) is 11.5. The summed E-state index contributed by atoms with van der Waals surface area (Å²) in [4.78, 5) is 17.6. The van der Waals surface area contributed by atoms with Gasteiger partial charge in [-0.05, 0) is 19.3 Å². The molecule has 0 spiro atoms. The van der Waals surface area contributed by atoms with Crippen molar-refractivity contribution in [2.75, 3.05) is 13.1 Å². The number of hydrogen-bond donors (Lipinski definition) is 1. The number of amides is 1. The molecule has 6 nitrogen and oxygen atoms in total. The molecule has 1 aliphatic rings. The molecule has 1 aliphatic heterocycles. The van der Waals surface area contributed by atoms with Crippen LogP contribution >= 0.6 is 0 Å². The SMILES string of the molecule is Cc1nc([C@H]2CCCCN2C(=O)CN)no1. The van der Waals surface area contributed by atoms with Gasteiger partial charge in [0.2, 0.25) is 11.8 Å². The van der Waals surface area contributed by atoms with Crippen molar-refractivity contribution < 1.29 is 9.32 Å². The van der Waals surface area contributed by atoms with Gasteiger partial charge in [0.05, 0.1) is 12.6 Å². The minimum absolute atomic E-state index is 0.0351. The highest BCUT2D eigenvalue weighted by molar-refractivity contribution is 5.78. The molecule has 6 heteroatoms. The van der Waals surface area contributed by atoms with Crippen LogP contribution in [0.5, 0.6) is 0 Å². The quantitative estimate of drug-likeness (QED) is 0.785. The lowest BCUT2D eigenvalue weighted by atomic mass is 10.0. The molecule has 0 unspecified atom stereocenters. The van der Waals surface area contributed by atoms with E-state index >= 15 is 0 Å². The van der Waals surface area contributed by atoms with Crippen LogP contribution in [0.2, 0.25) is 0 Å². The maximum Gasteiger partial charge on any atom is 0.236 e. The molecule has 0 aromatic carbocycles. The van der Waals surface area contributed by atoms with E-state index in [9.17, 15) is 4.79 Å². The number of likely N-dealkylation sites (tertiary alicyclic amines) is 1. The Morgan fingerprint density at radius 2 is 2.44 bits per heavy atom. The summed E-state index contributed by atoms with van der Waals surface area (Å²) >= 11 is 0. The largest absolute Gasteiger partial charge is 0.340 e. The van der Waals surface area contributed by atoms with E-state index in [-0.39, 0.29) is 18.5 Å². The average Bonchev–Trinajstić information content (AvgIpc) is 2.75. The van der Waals surface area contributed by atoms with Crippen molar-refractivity contribution in [3.8, 4) is 0 Å². The van der Waals surface area contributed by atoms with Gasteiger partial charge in [0.1, 0.15) is 0 Å². The molecule has 16 heavy (non-hydrogen) atoms. The Morgan fingerprint density at radius 1 is 1.62 bits per heavy atom. The van der Waals surface area contributed by atoms with Crippen LogP contribution in [0.25, 0.3) is 0 Å². The second kappa shape index (κ2) is 4.61. The van der Waals surface area contributed by atoms with Crippen LogP contribution in [0, 0.1) is 6.92 Å². The van der Waals surface area contributed by atoms with E-state index in [4.69, 9.17) is 10.3 Å². The number of nitrogens with zero attached hydrogens (tertiary/aromatic N) is 3. The molecule has 0 radical (unpaired) electrons. The molecule has 2 rings (SSSR count). The van der Waals surface area contributed by atoms with Gasteiger partial charge in [0, 0.05) is 13.5 Å². The maximum atomic E-state index is 11.7. The van der Waals surface area contributed by atoms with E-state index in [1.165, 1.54) is 0 Å². The zero-order valence-electron chi connectivity index (χ0n) is 9.35. The number of hydrogen-bond acceptors (Lipinski definition) is 5. The monoisotopic (exact) mass is 224 g/mol. The molecule has 0 bridgehead atoms. The maximum absolute atomic E-state index is 11.7. The van der Waals surface area contributed by atoms with Gasteiger partial charge in [-0.15, -0.1) is 0 Å². The van der Waals surface area contributed by atoms with E-state index in [0.29, 0.717) is 11.7 Å². The molecule has 1 fully saturated rings. The Morgan fingerprint density at radius 3 is 3.06 bits per heavy atom. The van der Waals surface area contributed by atoms with Crippen LogP contribution in [-0.2, 0) is 4.79 Å². The topological polar surface area (TPSA) is 85.2 Å². The number of nitrogens with two attached hydrogens (primary N) is 1. The molecular weight excluding hydrogens is 208 g/mol. The van der Waals surface area contributed by atoms with Gasteiger partial charge >= 0.3 is 0 Å². The minimum atomic E-state index is -0.0674. The number of carbonyl (C=O) groups excluding carboxylic acids is 1. The third kappa shape index (κ3) is 2.06. The third-order valence-corrected chi connectivity index (χ3v) is 2.84. The van der Waals surface area contributed by atoms with E-state index in [0.717, 1.165) is 25.8 Å². The Balaban J connectivity index is 2.19. The van der Waals surface area contributed by atoms with Crippen molar-refractivity contribution in [2.45, 2.75) is 32.2 Å². The highest BCUT2D eigenvalue weighted by Gasteiger charge is 2.30. The predicted octanol–water partition coefficient (Wildman–Crippen LogP) is 0.390. The molecule has 1 aromatic heterocycles. The summed E-state index contributed by atoms with van der Waals surface area (Å²) in [7, 11) is 0. The highest BCUT2D eigenvalue weighted by atomic mass is 16.5. The first-order chi connectivity index (χ1) is 7.72. The van der Waals surface area contributed by atoms with Gasteiger partial charge in [-0.2, -0.15) is 4.98 Å². The van der Waals surface area contributed by atoms with Crippen LogP contribution in [0.1, 0.15) is 37.0 Å². The van der Waals surface area contributed by atoms with Crippen LogP contribution in [-0.4, -0.2) is 34.0 Å². The van der Waals surface area contributed by atoms with Crippen molar-refractivity contribution in [1.82, 2.24) is 15.0 Å². The lowest BCUT2D eigenvalue weighted by Gasteiger charge is -2.33. The summed E-state index contributed by atoms with van der Waals surface area (Å²) in [6, 6.07) is -0.0674. The molecule has 2 N–H and O–H groups in total. The Bertz CT molecular complexity index is 377. The number of rotatable bonds is 2. The molecule has 1 atom stereocenters. The van der Waals surface area contributed by atoms with Crippen LogP contribution < -0.4 is 5.73 Å². The Labute approximate surface area is 93.8 Å². The van der Waals surface area contributed by atoms with Crippen molar-refractivity contribution in [3.05, 3.63) is 11.7 Å². The smallest absolute Gasteiger partial charge is 0.236 e. The van der Waals surface area contributed by atoms with E-state index < -0.39 is 0 Å². The van der Waals surface area contributed by atoms with Crippen LogP contribution in [0.3, 0.4) is 0 Å². The first-order valence-electron chi connectivity index (χ1n) is 5.52. The molecule has 88 valence electrons. The minimum Gasteiger partial charge on any atom is -0.340 e. The summed E-state index contributed by atoms with van der Waals surface area (Å²) < 4.78 is 4.95. The standard InChI is InChI=1S/C10H16N4O2/c1-7-12-10(13-16-7)8-4-2-3-5-14(8)9(15)6-11/h8H,2-6,11H2,1H3/t8-/m1/s1. The molecule has 0 saturated carbocycles. The molecule has 2 heterocycles. The molecule has 1 aromatic rings. The van der Waals surface area contributed by atoms with Gasteiger partial charge in [0.15, 0.2) is 5.82 Å². The third-order valence-electron chi connectivity index (χ3n) is 2.84. The van der Waals surface area contributed by atoms with E-state index in [1.54, 1.807) is 11.8 Å². The summed E-state index contributed by atoms with van der Waals surface area (Å²) in [6.07, 6.45) is 2.97. The second-order valence-corrected chi connectivity index (χ2v) is 3.97. The van der Waals surface area contributed by atoms with E-state index in [2.05, 4.69) is 10.1 Å². The summed E-state index contributed by atoms with van der Waals surface area (Å²) in [5, 5.41) is 3.89. The fraction of sp³-hybridized carbons (Fsp3) is 0.700. The van der Waals surface area contributed by atoms with Crippen LogP contribution in [0.15, 0.2) is 4.52 Å². The number of carbonyl (C=O) groups is 1. The molecule has 1 amide bonds. The summed E-state index contributed by atoms with van der Waals surface area (Å²) in [5.74, 6) is 1.08. The number of aromatic nitrogens is 2. The molecular formula is C10H16N4O2. The average molecular weight is 224 g/mol. The summed E-state index contributed by atoms with van der Waals surface area (Å²) in [6.45, 7) is 2.51. The van der Waals surface area contributed by atoms with Crippen molar-refractivity contribution in [2.24, 2.45) is 5.73 Å². The first-order valence-corrected chi connectivity index (χ1v) is 5.52. The lowest BCUT2D eigenvalue weighted by Crippen LogP contribution is -2.42. The zero-order valence-corrected chi connectivity index (χ0v) is 9.35. The fourth-order valence-corrected chi connectivity index (χ4v) is 2.07. The Hall–Kier alpha value is -1.43. The summed E-state index contributed by atoms with van der Waals surface area (Å²) in [5.41, 5.74) is 5.39. The van der Waals surface area contributed by atoms with Crippen LogP contribution in [0.4, 0.5) is 0 Å². The number of aryl methyl sites for hydroxylation is 1. The molecule has 0 aliphatic carbocycles. The number of piperidine rings is 1. The van der Waals surface area contributed by atoms with Gasteiger partial charge in [-0.25, -0.2) is 0 Å². The fourth-order valence-electron chi connectivity index (χ4n) is 2.07. The lowest BCUT2D eigenvalue weighted by molar-refractivity contribution is -0.133. The highest BCUT2D eigenvalue weighted by Crippen LogP contribution is 2.28. The van der Waals surface area contributed by atoms with E-state index in [1.807, 2.05) is 0 Å². The normalized spacial score (nSPS) is 21.1. The van der Waals surface area contributed by atoms with Crippen molar-refractivity contribution >= 4 is 5.91 Å². The molecule has 1 saturated heterocycles. The first kappa shape index (κ1) is 11.1. The van der Waals surface area contributed by atoms with Crippen molar-refractivity contribution in [3.63, 3.8) is 0 Å². The predicted molar refractivity (Wildman–Crippen MR) is 56.4 cm³/mol. The Kier molecular flexibility index (Phi) is 3.19. The van der Waals surface area contributed by atoms with Gasteiger partial charge in [-0.1, -0.05) is 5.16 Å². The van der Waals surface area contributed by atoms with Gasteiger partial charge in [0.25, 0.3) is 0 Å². The van der Waals surface area contributed by atoms with Gasteiger partial charge in [-0.3, -0.25) is 4.79 Å². The van der Waals surface area contributed by atoms with Crippen molar-refractivity contribution in [1.29, 1.82) is 0 Å². The van der Waals surface area contributed by atoms with Gasteiger partial charge < -0.3 is 15.2 Å². The second-order valence-electron chi connectivity index (χ2n) is 3.97.